The van der Waals surface area contributed by atoms with Crippen LogP contribution in [0, 0.1) is 5.92 Å². The molecule has 2 aliphatic heterocycles. The van der Waals surface area contributed by atoms with E-state index in [-0.39, 0.29) is 5.91 Å². The molecule has 108 valence electrons. The Morgan fingerprint density at radius 3 is 2.63 bits per heavy atom. The van der Waals surface area contributed by atoms with E-state index in [1.807, 2.05) is 0 Å². The van der Waals surface area contributed by atoms with Crippen molar-refractivity contribution in [3.8, 4) is 0 Å². The normalized spacial score (nSPS) is 24.6. The summed E-state index contributed by atoms with van der Waals surface area (Å²) in [6, 6.07) is -0.587. The standard InChI is InChI=1S/C14H23NO4/c16-13(15-8-2-4-12(15)14(17)18)5-1-3-11-6-9-19-10-7-11/h11-12H,1-10H2,(H,17,18)/t12-/m1/s1. The van der Waals surface area contributed by atoms with E-state index in [0.29, 0.717) is 25.3 Å². The summed E-state index contributed by atoms with van der Waals surface area (Å²) in [6.45, 7) is 2.28. The van der Waals surface area contributed by atoms with Crippen molar-refractivity contribution >= 4 is 11.9 Å². The first-order chi connectivity index (χ1) is 9.18. The minimum absolute atomic E-state index is 0.0111. The van der Waals surface area contributed by atoms with E-state index >= 15 is 0 Å². The minimum atomic E-state index is -0.865. The van der Waals surface area contributed by atoms with Gasteiger partial charge in [0.2, 0.25) is 5.91 Å². The van der Waals surface area contributed by atoms with Gasteiger partial charge in [0.05, 0.1) is 0 Å². The molecule has 0 aromatic carbocycles. The number of rotatable bonds is 5. The number of hydrogen-bond acceptors (Lipinski definition) is 3. The molecule has 0 saturated carbocycles. The zero-order valence-electron chi connectivity index (χ0n) is 11.3. The predicted octanol–water partition coefficient (Wildman–Crippen LogP) is 1.66. The predicted molar refractivity (Wildman–Crippen MR) is 69.8 cm³/mol. The van der Waals surface area contributed by atoms with Gasteiger partial charge in [-0.2, -0.15) is 0 Å². The van der Waals surface area contributed by atoms with Crippen LogP contribution >= 0.6 is 0 Å². The summed E-state index contributed by atoms with van der Waals surface area (Å²) in [5.41, 5.74) is 0. The summed E-state index contributed by atoms with van der Waals surface area (Å²) < 4.78 is 5.31. The third-order valence-corrected chi connectivity index (χ3v) is 4.20. The quantitative estimate of drug-likeness (QED) is 0.824. The SMILES string of the molecule is O=C(O)[C@H]1CCCN1C(=O)CCCC1CCOCC1. The van der Waals surface area contributed by atoms with Crippen LogP contribution in [0.3, 0.4) is 0 Å². The Bertz CT molecular complexity index is 325. The van der Waals surface area contributed by atoms with Gasteiger partial charge in [0.15, 0.2) is 0 Å². The Hall–Kier alpha value is -1.10. The summed E-state index contributed by atoms with van der Waals surface area (Å²) in [5, 5.41) is 9.05. The smallest absolute Gasteiger partial charge is 0.326 e. The fourth-order valence-electron chi connectivity index (χ4n) is 3.04. The van der Waals surface area contributed by atoms with Crippen molar-refractivity contribution in [2.24, 2.45) is 5.92 Å². The number of ether oxygens (including phenoxy) is 1. The van der Waals surface area contributed by atoms with E-state index in [1.54, 1.807) is 4.90 Å². The lowest BCUT2D eigenvalue weighted by molar-refractivity contribution is -0.148. The highest BCUT2D eigenvalue weighted by atomic mass is 16.5. The van der Waals surface area contributed by atoms with Crippen LogP contribution in [0.1, 0.15) is 44.9 Å². The molecule has 2 fully saturated rings. The van der Waals surface area contributed by atoms with Crippen LogP contribution in [0.2, 0.25) is 0 Å². The Labute approximate surface area is 113 Å². The lowest BCUT2D eigenvalue weighted by Crippen LogP contribution is -2.40. The van der Waals surface area contributed by atoms with E-state index in [0.717, 1.165) is 45.3 Å². The zero-order chi connectivity index (χ0) is 13.7. The molecule has 2 saturated heterocycles. The van der Waals surface area contributed by atoms with Gasteiger partial charge in [-0.15, -0.1) is 0 Å². The molecule has 1 amide bonds. The Morgan fingerprint density at radius 1 is 1.21 bits per heavy atom. The van der Waals surface area contributed by atoms with Crippen molar-refractivity contribution in [3.63, 3.8) is 0 Å². The van der Waals surface area contributed by atoms with E-state index in [2.05, 4.69) is 0 Å². The van der Waals surface area contributed by atoms with E-state index < -0.39 is 12.0 Å². The number of carbonyl (C=O) groups excluding carboxylic acids is 1. The Morgan fingerprint density at radius 2 is 1.95 bits per heavy atom. The first-order valence-corrected chi connectivity index (χ1v) is 7.28. The van der Waals surface area contributed by atoms with Gasteiger partial charge in [0.25, 0.3) is 0 Å². The number of nitrogens with zero attached hydrogens (tertiary/aromatic N) is 1. The monoisotopic (exact) mass is 269 g/mol. The highest BCUT2D eigenvalue weighted by molar-refractivity contribution is 5.84. The van der Waals surface area contributed by atoms with Crippen LogP contribution in [-0.4, -0.2) is 47.7 Å². The Kier molecular flexibility index (Phi) is 5.19. The molecule has 19 heavy (non-hydrogen) atoms. The molecule has 0 radical (unpaired) electrons. The molecular formula is C14H23NO4. The lowest BCUT2D eigenvalue weighted by Gasteiger charge is -2.23. The van der Waals surface area contributed by atoms with Crippen molar-refractivity contribution in [2.45, 2.75) is 51.0 Å². The number of hydrogen-bond donors (Lipinski definition) is 1. The fourth-order valence-corrected chi connectivity index (χ4v) is 3.04. The van der Waals surface area contributed by atoms with Crippen molar-refractivity contribution in [1.29, 1.82) is 0 Å². The third-order valence-electron chi connectivity index (χ3n) is 4.20. The summed E-state index contributed by atoms with van der Waals surface area (Å²) >= 11 is 0. The van der Waals surface area contributed by atoms with Gasteiger partial charge in [0, 0.05) is 26.2 Å². The molecule has 0 aromatic heterocycles. The van der Waals surface area contributed by atoms with Crippen molar-refractivity contribution in [3.05, 3.63) is 0 Å². The minimum Gasteiger partial charge on any atom is -0.480 e. The fraction of sp³-hybridized carbons (Fsp3) is 0.857. The van der Waals surface area contributed by atoms with Crippen LogP contribution in [0.15, 0.2) is 0 Å². The summed E-state index contributed by atoms with van der Waals surface area (Å²) in [5.74, 6) is -0.178. The number of amides is 1. The summed E-state index contributed by atoms with van der Waals surface area (Å²) in [4.78, 5) is 24.6. The third kappa shape index (κ3) is 3.93. The average Bonchev–Trinajstić information content (AvgIpc) is 2.89. The molecule has 2 aliphatic rings. The number of carboxylic acids is 1. The van der Waals surface area contributed by atoms with Crippen molar-refractivity contribution < 1.29 is 19.4 Å². The number of likely N-dealkylation sites (tertiary alicyclic amines) is 1. The zero-order valence-corrected chi connectivity index (χ0v) is 11.3. The molecule has 0 unspecified atom stereocenters. The molecule has 5 nitrogen and oxygen atoms in total. The maximum Gasteiger partial charge on any atom is 0.326 e. The molecule has 0 bridgehead atoms. The average molecular weight is 269 g/mol. The van der Waals surface area contributed by atoms with Gasteiger partial charge in [-0.25, -0.2) is 4.79 Å². The molecule has 2 rings (SSSR count). The molecule has 1 atom stereocenters. The highest BCUT2D eigenvalue weighted by Gasteiger charge is 2.33. The summed E-state index contributed by atoms with van der Waals surface area (Å²) in [7, 11) is 0. The van der Waals surface area contributed by atoms with Gasteiger partial charge in [-0.05, 0) is 44.4 Å². The molecule has 0 aliphatic carbocycles. The highest BCUT2D eigenvalue weighted by Crippen LogP contribution is 2.23. The van der Waals surface area contributed by atoms with Gasteiger partial charge < -0.3 is 14.7 Å². The molecule has 5 heteroatoms. The van der Waals surface area contributed by atoms with Crippen LogP contribution in [0.25, 0.3) is 0 Å². The topological polar surface area (TPSA) is 66.8 Å². The van der Waals surface area contributed by atoms with Gasteiger partial charge in [-0.3, -0.25) is 4.79 Å². The van der Waals surface area contributed by atoms with Crippen LogP contribution in [0.5, 0.6) is 0 Å². The molecule has 1 N–H and O–H groups in total. The molecule has 0 aromatic rings. The number of carbonyl (C=O) groups is 2. The lowest BCUT2D eigenvalue weighted by atomic mass is 9.94. The second kappa shape index (κ2) is 6.89. The van der Waals surface area contributed by atoms with Crippen molar-refractivity contribution in [2.75, 3.05) is 19.8 Å². The van der Waals surface area contributed by atoms with E-state index in [4.69, 9.17) is 9.84 Å². The second-order valence-electron chi connectivity index (χ2n) is 5.53. The first kappa shape index (κ1) is 14.3. The van der Waals surface area contributed by atoms with Crippen LogP contribution < -0.4 is 0 Å². The van der Waals surface area contributed by atoms with Crippen LogP contribution in [-0.2, 0) is 14.3 Å². The maximum absolute atomic E-state index is 12.0. The molecule has 0 spiro atoms. The van der Waals surface area contributed by atoms with Gasteiger partial charge >= 0.3 is 5.97 Å². The largest absolute Gasteiger partial charge is 0.480 e. The van der Waals surface area contributed by atoms with Gasteiger partial charge in [0.1, 0.15) is 6.04 Å². The van der Waals surface area contributed by atoms with Gasteiger partial charge in [-0.1, -0.05) is 0 Å². The first-order valence-electron chi connectivity index (χ1n) is 7.28. The number of aliphatic carboxylic acids is 1. The molecular weight excluding hydrogens is 246 g/mol. The van der Waals surface area contributed by atoms with Crippen LogP contribution in [0.4, 0.5) is 0 Å². The Balaban J connectivity index is 1.70. The van der Waals surface area contributed by atoms with E-state index in [1.165, 1.54) is 0 Å². The maximum atomic E-state index is 12.0. The van der Waals surface area contributed by atoms with E-state index in [9.17, 15) is 9.59 Å². The summed E-state index contributed by atoms with van der Waals surface area (Å²) in [6.07, 6.45) is 6.00. The molecule has 2 heterocycles. The number of carboxylic acid groups (broad SMARTS) is 1. The second-order valence-corrected chi connectivity index (χ2v) is 5.53. The van der Waals surface area contributed by atoms with Crippen molar-refractivity contribution in [1.82, 2.24) is 4.90 Å².